The second-order valence-corrected chi connectivity index (χ2v) is 8.13. The minimum atomic E-state index is -0.655. The van der Waals surface area contributed by atoms with Crippen molar-refractivity contribution in [3.05, 3.63) is 93.9 Å². The lowest BCUT2D eigenvalue weighted by Crippen LogP contribution is -2.32. The van der Waals surface area contributed by atoms with Gasteiger partial charge < -0.3 is 15.4 Å². The number of halogens is 3. The standard InChI is InChI=1S/C25H18Cl2FN3O4/c1-2-35-18-10-8-17(9-11-18)31-24(33)21(27)22(25(31)34)29-15-5-3-14(4-6-15)23(32)30-16-7-12-20(28)19(26)13-16/h3-13,29H,2H2,1H3,(H,30,32). The van der Waals surface area contributed by atoms with Gasteiger partial charge >= 0.3 is 0 Å². The summed E-state index contributed by atoms with van der Waals surface area (Å²) in [5.74, 6) is -1.68. The first-order valence-corrected chi connectivity index (χ1v) is 11.2. The van der Waals surface area contributed by atoms with Crippen molar-refractivity contribution >= 4 is 58.0 Å². The van der Waals surface area contributed by atoms with E-state index in [1.54, 1.807) is 36.4 Å². The molecule has 0 saturated heterocycles. The summed E-state index contributed by atoms with van der Waals surface area (Å²) >= 11 is 11.9. The van der Waals surface area contributed by atoms with E-state index in [1.165, 1.54) is 24.3 Å². The lowest BCUT2D eigenvalue weighted by Gasteiger charge is -2.15. The van der Waals surface area contributed by atoms with Gasteiger partial charge in [0.15, 0.2) is 0 Å². The molecule has 0 spiro atoms. The molecule has 3 aromatic rings. The molecule has 0 atom stereocenters. The molecule has 0 aliphatic carbocycles. The molecule has 0 saturated carbocycles. The van der Waals surface area contributed by atoms with Crippen LogP contribution in [0.15, 0.2) is 77.5 Å². The maximum Gasteiger partial charge on any atom is 0.283 e. The van der Waals surface area contributed by atoms with Gasteiger partial charge in [-0.15, -0.1) is 0 Å². The normalized spacial score (nSPS) is 13.3. The van der Waals surface area contributed by atoms with Crippen LogP contribution in [0.5, 0.6) is 5.75 Å². The van der Waals surface area contributed by atoms with Crippen molar-refractivity contribution in [3.8, 4) is 5.75 Å². The Balaban J connectivity index is 1.45. The van der Waals surface area contributed by atoms with Gasteiger partial charge in [0.05, 0.1) is 17.3 Å². The fraction of sp³-hybridized carbons (Fsp3) is 0.0800. The number of hydrogen-bond donors (Lipinski definition) is 2. The van der Waals surface area contributed by atoms with E-state index < -0.39 is 23.5 Å². The molecule has 0 unspecified atom stereocenters. The molecule has 1 heterocycles. The van der Waals surface area contributed by atoms with Crippen molar-refractivity contribution in [1.82, 2.24) is 0 Å². The minimum Gasteiger partial charge on any atom is -0.494 e. The van der Waals surface area contributed by atoms with Crippen LogP contribution < -0.4 is 20.3 Å². The number of carbonyl (C=O) groups is 3. The van der Waals surface area contributed by atoms with Gasteiger partial charge in [-0.2, -0.15) is 0 Å². The first-order chi connectivity index (χ1) is 16.8. The molecule has 7 nitrogen and oxygen atoms in total. The van der Waals surface area contributed by atoms with Gasteiger partial charge in [0.25, 0.3) is 17.7 Å². The Morgan fingerprint density at radius 1 is 0.943 bits per heavy atom. The third kappa shape index (κ3) is 5.13. The number of rotatable bonds is 7. The molecule has 0 fully saturated rings. The Bertz CT molecular complexity index is 1340. The second kappa shape index (κ2) is 10.2. The van der Waals surface area contributed by atoms with Crippen LogP contribution in [-0.2, 0) is 9.59 Å². The van der Waals surface area contributed by atoms with E-state index in [4.69, 9.17) is 27.9 Å². The van der Waals surface area contributed by atoms with Crippen LogP contribution in [0.4, 0.5) is 21.5 Å². The van der Waals surface area contributed by atoms with E-state index in [0.29, 0.717) is 35.0 Å². The number of nitrogens with zero attached hydrogens (tertiary/aromatic N) is 1. The SMILES string of the molecule is CCOc1ccc(N2C(=O)C(Cl)=C(Nc3ccc(C(=O)Nc4ccc(F)c(Cl)c4)cc3)C2=O)cc1. The fourth-order valence-corrected chi connectivity index (χ4v) is 3.72. The summed E-state index contributed by atoms with van der Waals surface area (Å²) in [7, 11) is 0. The van der Waals surface area contributed by atoms with Gasteiger partial charge in [-0.25, -0.2) is 9.29 Å². The van der Waals surface area contributed by atoms with E-state index in [2.05, 4.69) is 10.6 Å². The van der Waals surface area contributed by atoms with Gasteiger partial charge in [0.2, 0.25) is 0 Å². The summed E-state index contributed by atoms with van der Waals surface area (Å²) in [4.78, 5) is 39.0. The molecule has 1 aliphatic rings. The van der Waals surface area contributed by atoms with Crippen LogP contribution >= 0.6 is 23.2 Å². The van der Waals surface area contributed by atoms with E-state index in [-0.39, 0.29) is 15.8 Å². The smallest absolute Gasteiger partial charge is 0.283 e. The summed E-state index contributed by atoms with van der Waals surface area (Å²) in [6, 6.07) is 16.5. The highest BCUT2D eigenvalue weighted by molar-refractivity contribution is 6.53. The molecule has 2 N–H and O–H groups in total. The average Bonchev–Trinajstić information content (AvgIpc) is 3.05. The van der Waals surface area contributed by atoms with Crippen molar-refractivity contribution in [2.45, 2.75) is 6.92 Å². The summed E-state index contributed by atoms with van der Waals surface area (Å²) in [6.45, 7) is 2.34. The number of amides is 3. The number of imide groups is 1. The molecule has 3 aromatic carbocycles. The average molecular weight is 514 g/mol. The number of hydrogen-bond acceptors (Lipinski definition) is 5. The number of benzene rings is 3. The van der Waals surface area contributed by atoms with Gasteiger partial charge in [-0.05, 0) is 73.7 Å². The van der Waals surface area contributed by atoms with Crippen LogP contribution in [0.1, 0.15) is 17.3 Å². The largest absolute Gasteiger partial charge is 0.494 e. The van der Waals surface area contributed by atoms with E-state index in [0.717, 1.165) is 11.0 Å². The van der Waals surface area contributed by atoms with E-state index >= 15 is 0 Å². The predicted molar refractivity (Wildman–Crippen MR) is 132 cm³/mol. The molecule has 4 rings (SSSR count). The topological polar surface area (TPSA) is 87.7 Å². The van der Waals surface area contributed by atoms with Crippen molar-refractivity contribution in [2.24, 2.45) is 0 Å². The zero-order valence-electron chi connectivity index (χ0n) is 18.3. The molecular weight excluding hydrogens is 496 g/mol. The van der Waals surface area contributed by atoms with Gasteiger partial charge in [-0.1, -0.05) is 23.2 Å². The predicted octanol–water partition coefficient (Wildman–Crippen LogP) is 5.57. The third-order valence-corrected chi connectivity index (χ3v) is 5.67. The Hall–Kier alpha value is -3.88. The van der Waals surface area contributed by atoms with Crippen LogP contribution in [0.2, 0.25) is 5.02 Å². The number of ether oxygens (including phenoxy) is 1. The quantitative estimate of drug-likeness (QED) is 0.403. The Kier molecular flexibility index (Phi) is 7.04. The van der Waals surface area contributed by atoms with Crippen molar-refractivity contribution in [3.63, 3.8) is 0 Å². The third-order valence-electron chi connectivity index (χ3n) is 5.03. The molecular formula is C25H18Cl2FN3O4. The summed E-state index contributed by atoms with van der Waals surface area (Å²) in [5, 5.41) is 5.11. The number of anilines is 3. The molecule has 0 radical (unpaired) electrons. The highest BCUT2D eigenvalue weighted by Crippen LogP contribution is 2.31. The maximum absolute atomic E-state index is 13.3. The van der Waals surface area contributed by atoms with Crippen molar-refractivity contribution < 1.29 is 23.5 Å². The van der Waals surface area contributed by atoms with Crippen LogP contribution in [0, 0.1) is 5.82 Å². The van der Waals surface area contributed by atoms with Crippen LogP contribution in [0.3, 0.4) is 0 Å². The second-order valence-electron chi connectivity index (χ2n) is 7.35. The molecule has 10 heteroatoms. The van der Waals surface area contributed by atoms with Crippen LogP contribution in [-0.4, -0.2) is 24.3 Å². The minimum absolute atomic E-state index is 0.0799. The van der Waals surface area contributed by atoms with E-state index in [9.17, 15) is 18.8 Å². The lowest BCUT2D eigenvalue weighted by molar-refractivity contribution is -0.120. The fourth-order valence-electron chi connectivity index (χ4n) is 3.33. The number of carbonyl (C=O) groups excluding carboxylic acids is 3. The summed E-state index contributed by atoms with van der Waals surface area (Å²) in [5.41, 5.74) is 1.36. The zero-order valence-corrected chi connectivity index (χ0v) is 19.8. The van der Waals surface area contributed by atoms with E-state index in [1.807, 2.05) is 6.92 Å². The lowest BCUT2D eigenvalue weighted by atomic mass is 10.2. The molecule has 1 aliphatic heterocycles. The van der Waals surface area contributed by atoms with Gasteiger partial charge in [0.1, 0.15) is 22.3 Å². The monoisotopic (exact) mass is 513 g/mol. The Morgan fingerprint density at radius 3 is 2.23 bits per heavy atom. The zero-order chi connectivity index (χ0) is 25.1. The molecule has 0 aromatic heterocycles. The summed E-state index contributed by atoms with van der Waals surface area (Å²) in [6.07, 6.45) is 0. The number of nitrogens with one attached hydrogen (secondary N) is 2. The van der Waals surface area contributed by atoms with Gasteiger partial charge in [0, 0.05) is 16.9 Å². The first kappa shape index (κ1) is 24.3. The first-order valence-electron chi connectivity index (χ1n) is 10.4. The van der Waals surface area contributed by atoms with Crippen molar-refractivity contribution in [1.29, 1.82) is 0 Å². The van der Waals surface area contributed by atoms with Crippen LogP contribution in [0.25, 0.3) is 0 Å². The Labute approximate surface area is 210 Å². The maximum atomic E-state index is 13.3. The van der Waals surface area contributed by atoms with Crippen molar-refractivity contribution in [2.75, 3.05) is 22.1 Å². The van der Waals surface area contributed by atoms with Gasteiger partial charge in [-0.3, -0.25) is 14.4 Å². The summed E-state index contributed by atoms with van der Waals surface area (Å²) < 4.78 is 18.7. The molecule has 35 heavy (non-hydrogen) atoms. The Morgan fingerprint density at radius 2 is 1.60 bits per heavy atom. The highest BCUT2D eigenvalue weighted by Gasteiger charge is 2.39. The molecule has 3 amide bonds. The molecule has 178 valence electrons. The molecule has 0 bridgehead atoms. The highest BCUT2D eigenvalue weighted by atomic mass is 35.5.